The summed E-state index contributed by atoms with van der Waals surface area (Å²) in [7, 11) is 0. The minimum absolute atomic E-state index is 0.103. The second kappa shape index (κ2) is 6.93. The van der Waals surface area contributed by atoms with E-state index in [1.807, 2.05) is 56.9 Å². The van der Waals surface area contributed by atoms with Gasteiger partial charge in [0.2, 0.25) is 0 Å². The van der Waals surface area contributed by atoms with Crippen molar-refractivity contribution in [3.8, 4) is 0 Å². The highest BCUT2D eigenvalue weighted by molar-refractivity contribution is 5.94. The molecule has 1 aromatic carbocycles. The fourth-order valence-electron chi connectivity index (χ4n) is 3.38. The first-order chi connectivity index (χ1) is 12.3. The van der Waals surface area contributed by atoms with Crippen molar-refractivity contribution in [2.45, 2.75) is 25.4 Å². The molecular weight excluding hydrogens is 314 g/mol. The molecule has 0 bridgehead atoms. The van der Waals surface area contributed by atoms with Gasteiger partial charge in [-0.3, -0.25) is 9.48 Å². The van der Waals surface area contributed by atoms with E-state index in [4.69, 9.17) is 0 Å². The van der Waals surface area contributed by atoms with Crippen LogP contribution in [0.2, 0.25) is 0 Å². The average Bonchev–Trinajstić information content (AvgIpc) is 3.36. The van der Waals surface area contributed by atoms with Crippen LogP contribution in [-0.4, -0.2) is 43.2 Å². The van der Waals surface area contributed by atoms with Gasteiger partial charge in [-0.05, 0) is 36.6 Å². The van der Waals surface area contributed by atoms with E-state index in [9.17, 15) is 4.79 Å². The number of amides is 1. The highest BCUT2D eigenvalue weighted by Gasteiger charge is 2.25. The van der Waals surface area contributed by atoms with Crippen molar-refractivity contribution >= 4 is 5.91 Å². The smallest absolute Gasteiger partial charge is 0.253 e. The summed E-state index contributed by atoms with van der Waals surface area (Å²) in [4.78, 5) is 18.8. The molecule has 3 heterocycles. The number of hydrogen-bond donors (Lipinski definition) is 0. The maximum atomic E-state index is 12.8. The number of imidazole rings is 1. The number of carbonyl (C=O) groups excluding carboxylic acids is 1. The molecule has 2 aromatic heterocycles. The fraction of sp³-hybridized carbons (Fsp3) is 0.316. The van der Waals surface area contributed by atoms with Crippen LogP contribution in [0, 0.1) is 0 Å². The van der Waals surface area contributed by atoms with Crippen molar-refractivity contribution in [1.29, 1.82) is 0 Å². The van der Waals surface area contributed by atoms with Crippen molar-refractivity contribution in [2.75, 3.05) is 13.1 Å². The van der Waals surface area contributed by atoms with Gasteiger partial charge in [-0.2, -0.15) is 5.10 Å². The van der Waals surface area contributed by atoms with Crippen LogP contribution in [0.4, 0.5) is 0 Å². The Hall–Kier alpha value is -2.89. The Morgan fingerprint density at radius 3 is 2.76 bits per heavy atom. The fourth-order valence-corrected chi connectivity index (χ4v) is 3.38. The van der Waals surface area contributed by atoms with Crippen molar-refractivity contribution in [3.63, 3.8) is 0 Å². The Morgan fingerprint density at radius 2 is 2.04 bits per heavy atom. The molecule has 1 amide bonds. The van der Waals surface area contributed by atoms with E-state index in [1.165, 1.54) is 0 Å². The molecule has 1 aliphatic heterocycles. The minimum atomic E-state index is 0.103. The second-order valence-corrected chi connectivity index (χ2v) is 6.47. The molecule has 0 spiro atoms. The first kappa shape index (κ1) is 15.6. The molecule has 4 rings (SSSR count). The van der Waals surface area contributed by atoms with Gasteiger partial charge in [-0.15, -0.1) is 0 Å². The van der Waals surface area contributed by atoms with E-state index in [-0.39, 0.29) is 11.9 Å². The van der Waals surface area contributed by atoms with Gasteiger partial charge in [0.25, 0.3) is 5.91 Å². The topological polar surface area (TPSA) is 56.0 Å². The molecule has 6 nitrogen and oxygen atoms in total. The summed E-state index contributed by atoms with van der Waals surface area (Å²) in [6, 6.07) is 10.1. The Labute approximate surface area is 146 Å². The van der Waals surface area contributed by atoms with Gasteiger partial charge in [-0.1, -0.05) is 12.1 Å². The third-order valence-corrected chi connectivity index (χ3v) is 4.71. The van der Waals surface area contributed by atoms with Gasteiger partial charge in [0.05, 0.1) is 12.4 Å². The van der Waals surface area contributed by atoms with Gasteiger partial charge < -0.3 is 9.47 Å². The molecule has 3 aromatic rings. The summed E-state index contributed by atoms with van der Waals surface area (Å²) in [6.45, 7) is 2.30. The average molecular weight is 335 g/mol. The quantitative estimate of drug-likeness (QED) is 0.736. The lowest BCUT2D eigenvalue weighted by atomic mass is 10.0. The maximum absolute atomic E-state index is 12.8. The van der Waals surface area contributed by atoms with Crippen LogP contribution in [0.1, 0.15) is 34.8 Å². The first-order valence-corrected chi connectivity index (χ1v) is 8.63. The monoisotopic (exact) mass is 335 g/mol. The van der Waals surface area contributed by atoms with Crippen molar-refractivity contribution < 1.29 is 4.79 Å². The molecular formula is C19H21N5O. The zero-order chi connectivity index (χ0) is 17.1. The number of likely N-dealkylation sites (tertiary alicyclic amines) is 1. The van der Waals surface area contributed by atoms with E-state index >= 15 is 0 Å². The summed E-state index contributed by atoms with van der Waals surface area (Å²) in [6.07, 6.45) is 11.3. The van der Waals surface area contributed by atoms with Crippen molar-refractivity contribution in [2.24, 2.45) is 0 Å². The summed E-state index contributed by atoms with van der Waals surface area (Å²) >= 11 is 0. The van der Waals surface area contributed by atoms with Crippen LogP contribution in [0.5, 0.6) is 0 Å². The van der Waals surface area contributed by atoms with Crippen LogP contribution in [0.3, 0.4) is 0 Å². The molecule has 1 fully saturated rings. The van der Waals surface area contributed by atoms with Gasteiger partial charge in [-0.25, -0.2) is 4.98 Å². The number of carbonyl (C=O) groups is 1. The summed E-state index contributed by atoms with van der Waals surface area (Å²) in [5.41, 5.74) is 1.90. The van der Waals surface area contributed by atoms with Crippen LogP contribution in [0.15, 0.2) is 61.4 Å². The third-order valence-electron chi connectivity index (χ3n) is 4.71. The van der Waals surface area contributed by atoms with Crippen LogP contribution >= 0.6 is 0 Å². The lowest BCUT2D eigenvalue weighted by Gasteiger charge is -2.33. The molecule has 128 valence electrons. The third kappa shape index (κ3) is 3.47. The molecule has 0 aliphatic carbocycles. The van der Waals surface area contributed by atoms with Crippen LogP contribution in [-0.2, 0) is 6.54 Å². The Balaban J connectivity index is 1.43. The molecule has 0 unspecified atom stereocenters. The lowest BCUT2D eigenvalue weighted by molar-refractivity contribution is 0.0673. The Morgan fingerprint density at radius 1 is 1.16 bits per heavy atom. The number of rotatable bonds is 4. The normalized spacial score (nSPS) is 17.6. The molecule has 25 heavy (non-hydrogen) atoms. The summed E-state index contributed by atoms with van der Waals surface area (Å²) < 4.78 is 3.98. The molecule has 1 saturated heterocycles. The molecule has 6 heteroatoms. The first-order valence-electron chi connectivity index (χ1n) is 8.63. The molecule has 1 atom stereocenters. The number of benzene rings is 1. The molecule has 0 N–H and O–H groups in total. The molecule has 0 saturated carbocycles. The van der Waals surface area contributed by atoms with Crippen LogP contribution < -0.4 is 0 Å². The summed E-state index contributed by atoms with van der Waals surface area (Å²) in [5.74, 6) is 0.103. The zero-order valence-corrected chi connectivity index (χ0v) is 14.0. The van der Waals surface area contributed by atoms with E-state index in [2.05, 4.69) is 10.1 Å². The Kier molecular flexibility index (Phi) is 4.33. The van der Waals surface area contributed by atoms with Gasteiger partial charge >= 0.3 is 0 Å². The van der Waals surface area contributed by atoms with Crippen molar-refractivity contribution in [1.82, 2.24) is 24.2 Å². The predicted molar refractivity (Wildman–Crippen MR) is 94.2 cm³/mol. The number of piperidine rings is 1. The predicted octanol–water partition coefficient (Wildman–Crippen LogP) is 2.61. The van der Waals surface area contributed by atoms with E-state index in [0.29, 0.717) is 0 Å². The largest absolute Gasteiger partial charge is 0.337 e. The highest BCUT2D eigenvalue weighted by atomic mass is 16.2. The molecule has 1 aliphatic rings. The van der Waals surface area contributed by atoms with Gasteiger partial charge in [0.15, 0.2) is 0 Å². The minimum Gasteiger partial charge on any atom is -0.337 e. The highest BCUT2D eigenvalue weighted by Crippen LogP contribution is 2.22. The van der Waals surface area contributed by atoms with Crippen molar-refractivity contribution in [3.05, 3.63) is 72.6 Å². The lowest BCUT2D eigenvalue weighted by Crippen LogP contribution is -2.40. The molecule has 0 radical (unpaired) electrons. The zero-order valence-electron chi connectivity index (χ0n) is 14.0. The SMILES string of the molecule is O=C(c1ccc(Cn2ccnc2)cc1)N1CCC[C@H](n2cccn2)C1. The van der Waals surface area contributed by atoms with E-state index in [0.717, 1.165) is 43.6 Å². The van der Waals surface area contributed by atoms with Gasteiger partial charge in [0.1, 0.15) is 0 Å². The number of nitrogens with zero attached hydrogens (tertiary/aromatic N) is 5. The standard InChI is InChI=1S/C19H21N5O/c25-19(23-10-1-3-18(14-23)24-11-2-8-21-24)17-6-4-16(5-7-17)13-22-12-9-20-15-22/h2,4-9,11-12,15,18H,1,3,10,13-14H2/t18-/m0/s1. The number of hydrogen-bond acceptors (Lipinski definition) is 3. The van der Waals surface area contributed by atoms with Gasteiger partial charge in [0, 0.05) is 50.0 Å². The second-order valence-electron chi connectivity index (χ2n) is 6.47. The van der Waals surface area contributed by atoms with Crippen LogP contribution in [0.25, 0.3) is 0 Å². The summed E-state index contributed by atoms with van der Waals surface area (Å²) in [5, 5.41) is 4.32. The maximum Gasteiger partial charge on any atom is 0.253 e. The Bertz CT molecular complexity index is 808. The van der Waals surface area contributed by atoms with E-state index in [1.54, 1.807) is 18.7 Å². The van der Waals surface area contributed by atoms with E-state index < -0.39 is 0 Å². The number of aromatic nitrogens is 4.